The molecule has 2 rings (SSSR count). The average molecular weight is 253 g/mol. The van der Waals surface area contributed by atoms with Crippen LogP contribution in [0.2, 0.25) is 0 Å². The van der Waals surface area contributed by atoms with Crippen molar-refractivity contribution in [3.8, 4) is 0 Å². The first-order valence-electron chi connectivity index (χ1n) is 6.57. The minimum absolute atomic E-state index is 0.780. The van der Waals surface area contributed by atoms with E-state index in [0.717, 1.165) is 63.0 Å². The summed E-state index contributed by atoms with van der Waals surface area (Å²) in [7, 11) is 1.92. The van der Waals surface area contributed by atoms with Crippen LogP contribution in [0, 0.1) is 0 Å². The molecule has 0 aromatic carbocycles. The number of nitrogens with one attached hydrogen (secondary N) is 1. The minimum atomic E-state index is 0.780. The molecule has 1 aromatic heterocycles. The van der Waals surface area contributed by atoms with Crippen LogP contribution in [0.15, 0.2) is 0 Å². The zero-order chi connectivity index (χ0) is 13.0. The fraction of sp³-hybridized carbons (Fsp3) is 0.750. The summed E-state index contributed by atoms with van der Waals surface area (Å²) < 4.78 is 7.15. The number of hydrogen-bond donors (Lipinski definition) is 2. The number of aryl methyl sites for hydroxylation is 2. The van der Waals surface area contributed by atoms with Crippen LogP contribution in [0.1, 0.15) is 12.6 Å². The SMILES string of the molecule is CCc1nn(C)c(NCCN2CCOCC2)c1N. The lowest BCUT2D eigenvalue weighted by Crippen LogP contribution is -2.39. The van der Waals surface area contributed by atoms with Gasteiger partial charge in [0.05, 0.1) is 24.6 Å². The molecule has 6 heteroatoms. The zero-order valence-corrected chi connectivity index (χ0v) is 11.3. The third-order valence-corrected chi connectivity index (χ3v) is 3.32. The van der Waals surface area contributed by atoms with Crippen LogP contribution >= 0.6 is 0 Å². The van der Waals surface area contributed by atoms with E-state index in [-0.39, 0.29) is 0 Å². The Hall–Kier alpha value is -1.27. The molecular formula is C12H23N5O. The second-order valence-corrected chi connectivity index (χ2v) is 4.57. The van der Waals surface area contributed by atoms with Crippen molar-refractivity contribution in [2.24, 2.45) is 7.05 Å². The van der Waals surface area contributed by atoms with Gasteiger partial charge in [-0.1, -0.05) is 6.92 Å². The average Bonchev–Trinajstić information content (AvgIpc) is 2.67. The van der Waals surface area contributed by atoms with Gasteiger partial charge in [0, 0.05) is 33.2 Å². The van der Waals surface area contributed by atoms with E-state index in [9.17, 15) is 0 Å². The monoisotopic (exact) mass is 253 g/mol. The van der Waals surface area contributed by atoms with Crippen LogP contribution in [0.4, 0.5) is 11.5 Å². The van der Waals surface area contributed by atoms with E-state index in [1.165, 1.54) is 0 Å². The van der Waals surface area contributed by atoms with Crippen molar-refractivity contribution in [1.29, 1.82) is 0 Å². The highest BCUT2D eigenvalue weighted by Gasteiger charge is 2.13. The van der Waals surface area contributed by atoms with Gasteiger partial charge in [-0.3, -0.25) is 9.58 Å². The molecular weight excluding hydrogens is 230 g/mol. The summed E-state index contributed by atoms with van der Waals surface area (Å²) in [4.78, 5) is 2.39. The van der Waals surface area contributed by atoms with Gasteiger partial charge in [-0.2, -0.15) is 5.10 Å². The smallest absolute Gasteiger partial charge is 0.147 e. The quantitative estimate of drug-likeness (QED) is 0.790. The molecule has 0 amide bonds. The van der Waals surface area contributed by atoms with Crippen molar-refractivity contribution < 1.29 is 4.74 Å². The van der Waals surface area contributed by atoms with Crippen LogP contribution in [-0.2, 0) is 18.2 Å². The van der Waals surface area contributed by atoms with Gasteiger partial charge in [0.15, 0.2) is 0 Å². The molecule has 6 nitrogen and oxygen atoms in total. The van der Waals surface area contributed by atoms with E-state index in [1.54, 1.807) is 0 Å². The first-order valence-corrected chi connectivity index (χ1v) is 6.57. The van der Waals surface area contributed by atoms with E-state index < -0.39 is 0 Å². The molecule has 1 saturated heterocycles. The highest BCUT2D eigenvalue weighted by atomic mass is 16.5. The van der Waals surface area contributed by atoms with Crippen molar-refractivity contribution in [3.05, 3.63) is 5.69 Å². The minimum Gasteiger partial charge on any atom is -0.394 e. The number of nitrogen functional groups attached to an aromatic ring is 1. The van der Waals surface area contributed by atoms with Crippen molar-refractivity contribution >= 4 is 11.5 Å². The fourth-order valence-electron chi connectivity index (χ4n) is 2.22. The van der Waals surface area contributed by atoms with Gasteiger partial charge in [0.1, 0.15) is 5.82 Å². The molecule has 1 aromatic rings. The first-order chi connectivity index (χ1) is 8.72. The number of nitrogens with zero attached hydrogens (tertiary/aromatic N) is 3. The molecule has 0 spiro atoms. The van der Waals surface area contributed by atoms with Gasteiger partial charge in [0.25, 0.3) is 0 Å². The van der Waals surface area contributed by atoms with Crippen LogP contribution in [0.5, 0.6) is 0 Å². The number of aromatic nitrogens is 2. The standard InChI is InChI=1S/C12H23N5O/c1-3-10-11(13)12(16(2)15-10)14-4-5-17-6-8-18-9-7-17/h14H,3-9,13H2,1-2H3. The van der Waals surface area contributed by atoms with E-state index >= 15 is 0 Å². The van der Waals surface area contributed by atoms with Gasteiger partial charge in [-0.15, -0.1) is 0 Å². The zero-order valence-electron chi connectivity index (χ0n) is 11.3. The van der Waals surface area contributed by atoms with Gasteiger partial charge in [-0.05, 0) is 6.42 Å². The third-order valence-electron chi connectivity index (χ3n) is 3.32. The molecule has 0 bridgehead atoms. The maximum absolute atomic E-state index is 6.05. The lowest BCUT2D eigenvalue weighted by atomic mass is 10.3. The maximum Gasteiger partial charge on any atom is 0.147 e. The van der Waals surface area contributed by atoms with E-state index in [1.807, 2.05) is 11.7 Å². The van der Waals surface area contributed by atoms with Crippen molar-refractivity contribution in [2.75, 3.05) is 50.4 Å². The Bertz CT molecular complexity index is 384. The molecule has 0 radical (unpaired) electrons. The summed E-state index contributed by atoms with van der Waals surface area (Å²) in [5.74, 6) is 0.931. The number of nitrogens with two attached hydrogens (primary N) is 1. The topological polar surface area (TPSA) is 68.3 Å². The molecule has 18 heavy (non-hydrogen) atoms. The molecule has 1 aliphatic rings. The number of hydrogen-bond acceptors (Lipinski definition) is 5. The fourth-order valence-corrected chi connectivity index (χ4v) is 2.22. The molecule has 3 N–H and O–H groups in total. The highest BCUT2D eigenvalue weighted by Crippen LogP contribution is 2.21. The lowest BCUT2D eigenvalue weighted by molar-refractivity contribution is 0.0398. The summed E-state index contributed by atoms with van der Waals surface area (Å²) in [6, 6.07) is 0. The number of ether oxygens (including phenoxy) is 1. The van der Waals surface area contributed by atoms with Gasteiger partial charge < -0.3 is 15.8 Å². The highest BCUT2D eigenvalue weighted by molar-refractivity contribution is 5.64. The predicted octanol–water partition coefficient (Wildman–Crippen LogP) is 0.309. The summed E-state index contributed by atoms with van der Waals surface area (Å²) in [5.41, 5.74) is 7.80. The molecule has 1 aliphatic heterocycles. The van der Waals surface area contributed by atoms with E-state index in [2.05, 4.69) is 22.2 Å². The van der Waals surface area contributed by atoms with Crippen molar-refractivity contribution in [2.45, 2.75) is 13.3 Å². The Morgan fingerprint density at radius 2 is 2.11 bits per heavy atom. The second kappa shape index (κ2) is 6.06. The number of anilines is 2. The van der Waals surface area contributed by atoms with Crippen LogP contribution in [0.3, 0.4) is 0 Å². The summed E-state index contributed by atoms with van der Waals surface area (Å²) in [6.45, 7) is 7.67. The van der Waals surface area contributed by atoms with Crippen LogP contribution in [0.25, 0.3) is 0 Å². The largest absolute Gasteiger partial charge is 0.394 e. The Kier molecular flexibility index (Phi) is 4.43. The lowest BCUT2D eigenvalue weighted by Gasteiger charge is -2.26. The Balaban J connectivity index is 1.84. The molecule has 0 saturated carbocycles. The number of rotatable bonds is 5. The summed E-state index contributed by atoms with van der Waals surface area (Å²) in [6.07, 6.45) is 0.866. The summed E-state index contributed by atoms with van der Waals surface area (Å²) in [5, 5.41) is 7.77. The van der Waals surface area contributed by atoms with E-state index in [4.69, 9.17) is 10.5 Å². The van der Waals surface area contributed by atoms with Crippen molar-refractivity contribution in [3.63, 3.8) is 0 Å². The van der Waals surface area contributed by atoms with E-state index in [0.29, 0.717) is 0 Å². The summed E-state index contributed by atoms with van der Waals surface area (Å²) >= 11 is 0. The van der Waals surface area contributed by atoms with Crippen molar-refractivity contribution in [1.82, 2.24) is 14.7 Å². The predicted molar refractivity (Wildman–Crippen MR) is 72.7 cm³/mol. The third kappa shape index (κ3) is 2.94. The second-order valence-electron chi connectivity index (χ2n) is 4.57. The molecule has 102 valence electrons. The van der Waals surface area contributed by atoms with Gasteiger partial charge in [-0.25, -0.2) is 0 Å². The molecule has 0 atom stereocenters. The van der Waals surface area contributed by atoms with Gasteiger partial charge >= 0.3 is 0 Å². The molecule has 1 fully saturated rings. The van der Waals surface area contributed by atoms with Crippen LogP contribution in [-0.4, -0.2) is 54.1 Å². The first kappa shape index (κ1) is 13.2. The maximum atomic E-state index is 6.05. The molecule has 0 unspecified atom stereocenters. The Morgan fingerprint density at radius 1 is 1.39 bits per heavy atom. The van der Waals surface area contributed by atoms with Crippen LogP contribution < -0.4 is 11.1 Å². The molecule has 2 heterocycles. The van der Waals surface area contributed by atoms with Gasteiger partial charge in [0.2, 0.25) is 0 Å². The number of morpholine rings is 1. The Morgan fingerprint density at radius 3 is 2.72 bits per heavy atom. The normalized spacial score (nSPS) is 17.0. The Labute approximate surface area is 108 Å². The molecule has 0 aliphatic carbocycles.